The van der Waals surface area contributed by atoms with Gasteiger partial charge in [-0.2, -0.15) is 0 Å². The van der Waals surface area contributed by atoms with E-state index in [4.69, 9.17) is 0 Å². The minimum absolute atomic E-state index is 0.0331. The summed E-state index contributed by atoms with van der Waals surface area (Å²) in [6.07, 6.45) is 1.34. The molecule has 1 aromatic rings. The Morgan fingerprint density at radius 3 is 2.38 bits per heavy atom. The van der Waals surface area contributed by atoms with Crippen molar-refractivity contribution in [1.82, 2.24) is 0 Å². The topological polar surface area (TPSA) is 34.1 Å². The fourth-order valence-corrected chi connectivity index (χ4v) is 1.56. The zero-order chi connectivity index (χ0) is 12.1. The third-order valence-electron chi connectivity index (χ3n) is 2.72. The number of carbonyl (C=O) groups excluding carboxylic acids is 2. The summed E-state index contributed by atoms with van der Waals surface area (Å²) in [5, 5.41) is 0. The number of ketones is 2. The predicted molar refractivity (Wildman–Crippen MR) is 64.8 cm³/mol. The van der Waals surface area contributed by atoms with E-state index in [1.165, 1.54) is 0 Å². The van der Waals surface area contributed by atoms with Gasteiger partial charge in [0.2, 0.25) is 0 Å². The highest BCUT2D eigenvalue weighted by Gasteiger charge is 2.11. The lowest BCUT2D eigenvalue weighted by atomic mass is 10.00. The van der Waals surface area contributed by atoms with E-state index in [0.717, 1.165) is 17.5 Å². The fraction of sp³-hybridized carbons (Fsp3) is 0.429. The highest BCUT2D eigenvalue weighted by Crippen LogP contribution is 2.12. The molecule has 16 heavy (non-hydrogen) atoms. The Morgan fingerprint density at radius 2 is 1.81 bits per heavy atom. The minimum Gasteiger partial charge on any atom is -0.299 e. The van der Waals surface area contributed by atoms with Crippen molar-refractivity contribution in [2.75, 3.05) is 0 Å². The number of benzene rings is 1. The molecule has 86 valence electrons. The monoisotopic (exact) mass is 218 g/mol. The summed E-state index contributed by atoms with van der Waals surface area (Å²) in [7, 11) is 0. The zero-order valence-corrected chi connectivity index (χ0v) is 10.2. The lowest BCUT2D eigenvalue weighted by Crippen LogP contribution is -2.08. The number of aryl methyl sites for hydroxylation is 2. The minimum atomic E-state index is -0.0680. The molecule has 2 heteroatoms. The van der Waals surface area contributed by atoms with Crippen molar-refractivity contribution in [3.05, 3.63) is 34.9 Å². The first-order valence-corrected chi connectivity index (χ1v) is 5.66. The number of Topliss-reactive ketones (excluding diaryl/α,β-unsaturated/α-hetero) is 2. The molecule has 0 aliphatic rings. The quantitative estimate of drug-likeness (QED) is 0.561. The van der Waals surface area contributed by atoms with E-state index in [1.54, 1.807) is 6.07 Å². The van der Waals surface area contributed by atoms with E-state index in [1.807, 2.05) is 32.9 Å². The van der Waals surface area contributed by atoms with E-state index >= 15 is 0 Å². The molecule has 0 aliphatic carbocycles. The summed E-state index contributed by atoms with van der Waals surface area (Å²) in [6, 6.07) is 5.58. The molecule has 0 spiro atoms. The van der Waals surface area contributed by atoms with Gasteiger partial charge in [0.1, 0.15) is 5.78 Å². The second-order valence-electron chi connectivity index (χ2n) is 4.19. The maximum atomic E-state index is 11.8. The summed E-state index contributed by atoms with van der Waals surface area (Å²) >= 11 is 0. The Hall–Kier alpha value is -1.44. The van der Waals surface area contributed by atoms with Gasteiger partial charge in [-0.15, -0.1) is 0 Å². The summed E-state index contributed by atoms with van der Waals surface area (Å²) in [6.45, 7) is 5.92. The Bertz CT molecular complexity index is 405. The van der Waals surface area contributed by atoms with Crippen molar-refractivity contribution in [3.8, 4) is 0 Å². The average molecular weight is 218 g/mol. The Labute approximate surface area is 96.7 Å². The molecule has 0 atom stereocenters. The first-order chi connectivity index (χ1) is 7.54. The molecular formula is C14H18O2. The van der Waals surface area contributed by atoms with Gasteiger partial charge >= 0.3 is 0 Å². The molecule has 0 unspecified atom stereocenters. The van der Waals surface area contributed by atoms with E-state index in [9.17, 15) is 9.59 Å². The molecule has 1 rings (SSSR count). The normalized spacial score (nSPS) is 10.2. The van der Waals surface area contributed by atoms with Gasteiger partial charge in [-0.05, 0) is 37.5 Å². The van der Waals surface area contributed by atoms with Crippen LogP contribution in [0.1, 0.15) is 47.7 Å². The van der Waals surface area contributed by atoms with E-state index < -0.39 is 0 Å². The van der Waals surface area contributed by atoms with Crippen LogP contribution in [0.2, 0.25) is 0 Å². The molecule has 0 aliphatic heterocycles. The van der Waals surface area contributed by atoms with Crippen LogP contribution in [0.15, 0.2) is 18.2 Å². The molecule has 2 nitrogen and oxygen atoms in total. The van der Waals surface area contributed by atoms with Crippen LogP contribution in [0.4, 0.5) is 0 Å². The Morgan fingerprint density at radius 1 is 1.12 bits per heavy atom. The number of carbonyl (C=O) groups is 2. The van der Waals surface area contributed by atoms with Gasteiger partial charge < -0.3 is 0 Å². The van der Waals surface area contributed by atoms with Crippen molar-refractivity contribution in [2.24, 2.45) is 0 Å². The summed E-state index contributed by atoms with van der Waals surface area (Å²) in [4.78, 5) is 23.1. The molecule has 0 radical (unpaired) electrons. The molecule has 0 heterocycles. The van der Waals surface area contributed by atoms with Crippen molar-refractivity contribution in [2.45, 2.75) is 40.0 Å². The average Bonchev–Trinajstić information content (AvgIpc) is 2.22. The number of hydrogen-bond acceptors (Lipinski definition) is 2. The van der Waals surface area contributed by atoms with E-state index in [-0.39, 0.29) is 18.0 Å². The molecule has 0 saturated heterocycles. The van der Waals surface area contributed by atoms with Gasteiger partial charge in [0, 0.05) is 12.0 Å². The molecule has 0 bridgehead atoms. The van der Waals surface area contributed by atoms with Gasteiger partial charge in [-0.25, -0.2) is 0 Å². The third-order valence-corrected chi connectivity index (χ3v) is 2.72. The highest BCUT2D eigenvalue weighted by molar-refractivity contribution is 6.08. The maximum absolute atomic E-state index is 11.8. The van der Waals surface area contributed by atoms with Crippen LogP contribution in [0.3, 0.4) is 0 Å². The first-order valence-electron chi connectivity index (χ1n) is 5.66. The second kappa shape index (κ2) is 5.59. The van der Waals surface area contributed by atoms with Crippen molar-refractivity contribution in [1.29, 1.82) is 0 Å². The highest BCUT2D eigenvalue weighted by atomic mass is 16.1. The lowest BCUT2D eigenvalue weighted by molar-refractivity contribution is -0.118. The van der Waals surface area contributed by atoms with Crippen LogP contribution >= 0.6 is 0 Å². The van der Waals surface area contributed by atoms with Crippen molar-refractivity contribution >= 4 is 11.6 Å². The standard InChI is InChI=1S/C14H18O2/c1-4-5-13(15)9-14(16)12-7-6-10(2)11(3)8-12/h6-8H,4-5,9H2,1-3H3. The largest absolute Gasteiger partial charge is 0.299 e. The van der Waals surface area contributed by atoms with Crippen LogP contribution in [0, 0.1) is 13.8 Å². The van der Waals surface area contributed by atoms with Gasteiger partial charge in [0.05, 0.1) is 6.42 Å². The van der Waals surface area contributed by atoms with Gasteiger partial charge in [-0.3, -0.25) is 9.59 Å². The molecule has 0 N–H and O–H groups in total. The summed E-state index contributed by atoms with van der Waals surface area (Å²) in [5.41, 5.74) is 2.90. The van der Waals surface area contributed by atoms with Crippen LogP contribution in [-0.2, 0) is 4.79 Å². The number of hydrogen-bond donors (Lipinski definition) is 0. The predicted octanol–water partition coefficient (Wildman–Crippen LogP) is 3.25. The molecule has 1 aromatic carbocycles. The van der Waals surface area contributed by atoms with Crippen molar-refractivity contribution in [3.63, 3.8) is 0 Å². The van der Waals surface area contributed by atoms with Crippen LogP contribution < -0.4 is 0 Å². The molecule has 0 saturated carbocycles. The Balaban J connectivity index is 2.73. The first kappa shape index (κ1) is 12.6. The fourth-order valence-electron chi connectivity index (χ4n) is 1.56. The van der Waals surface area contributed by atoms with E-state index in [2.05, 4.69) is 0 Å². The van der Waals surface area contributed by atoms with Crippen LogP contribution in [0.25, 0.3) is 0 Å². The van der Waals surface area contributed by atoms with Crippen LogP contribution in [0.5, 0.6) is 0 Å². The Kier molecular flexibility index (Phi) is 4.41. The van der Waals surface area contributed by atoms with Crippen molar-refractivity contribution < 1.29 is 9.59 Å². The SMILES string of the molecule is CCCC(=O)CC(=O)c1ccc(C)c(C)c1. The van der Waals surface area contributed by atoms with Gasteiger partial charge in [0.15, 0.2) is 5.78 Å². The third kappa shape index (κ3) is 3.30. The molecular weight excluding hydrogens is 200 g/mol. The second-order valence-corrected chi connectivity index (χ2v) is 4.19. The smallest absolute Gasteiger partial charge is 0.170 e. The molecule has 0 amide bonds. The molecule has 0 fully saturated rings. The number of rotatable bonds is 5. The lowest BCUT2D eigenvalue weighted by Gasteiger charge is -2.04. The van der Waals surface area contributed by atoms with E-state index in [0.29, 0.717) is 12.0 Å². The van der Waals surface area contributed by atoms with Crippen LogP contribution in [-0.4, -0.2) is 11.6 Å². The zero-order valence-electron chi connectivity index (χ0n) is 10.2. The molecule has 0 aromatic heterocycles. The summed E-state index contributed by atoms with van der Waals surface area (Å²) < 4.78 is 0. The summed E-state index contributed by atoms with van der Waals surface area (Å²) in [5.74, 6) is -0.0349. The van der Waals surface area contributed by atoms with Gasteiger partial charge in [-0.1, -0.05) is 19.1 Å². The van der Waals surface area contributed by atoms with Gasteiger partial charge in [0.25, 0.3) is 0 Å². The maximum Gasteiger partial charge on any atom is 0.170 e.